The first-order chi connectivity index (χ1) is 10.6. The Labute approximate surface area is 122 Å². The second-order valence-electron chi connectivity index (χ2n) is 4.67. The summed E-state index contributed by atoms with van der Waals surface area (Å²) in [4.78, 5) is 29.1. The fraction of sp³-hybridized carbons (Fsp3) is 0.500. The monoisotopic (exact) mass is 308 g/mol. The number of anilines is 1. The third kappa shape index (κ3) is 2.41. The summed E-state index contributed by atoms with van der Waals surface area (Å²) in [5.74, 6) is -0.0407. The predicted molar refractivity (Wildman–Crippen MR) is 72.2 cm³/mol. The number of ether oxygens (including phenoxy) is 1. The van der Waals surface area contributed by atoms with E-state index in [1.807, 2.05) is 0 Å². The first-order valence-corrected chi connectivity index (χ1v) is 6.32. The number of H-pyrrole nitrogens is 1. The molecule has 2 aromatic rings. The zero-order chi connectivity index (χ0) is 15.7. The second kappa shape index (κ2) is 5.52. The van der Waals surface area contributed by atoms with E-state index in [4.69, 9.17) is 16.0 Å². The van der Waals surface area contributed by atoms with Crippen LogP contribution in [0.15, 0.2) is 16.4 Å². The third-order valence-corrected chi connectivity index (χ3v) is 3.30. The van der Waals surface area contributed by atoms with E-state index in [9.17, 15) is 9.90 Å². The van der Waals surface area contributed by atoms with Crippen molar-refractivity contribution in [3.8, 4) is 0 Å². The van der Waals surface area contributed by atoms with Crippen LogP contribution in [0.2, 0.25) is 0 Å². The van der Waals surface area contributed by atoms with Gasteiger partial charge in [0.2, 0.25) is 5.95 Å². The van der Waals surface area contributed by atoms with E-state index >= 15 is 0 Å². The Bertz CT molecular complexity index is 794. The zero-order valence-electron chi connectivity index (χ0n) is 11.2. The van der Waals surface area contributed by atoms with Crippen molar-refractivity contribution in [2.75, 3.05) is 12.3 Å². The molecule has 1 saturated heterocycles. The summed E-state index contributed by atoms with van der Waals surface area (Å²) in [5, 5.41) is 12.9. The zero-order valence-corrected chi connectivity index (χ0v) is 11.2. The number of rotatable bonds is 4. The van der Waals surface area contributed by atoms with E-state index in [0.29, 0.717) is 0 Å². The van der Waals surface area contributed by atoms with Gasteiger partial charge in [0.05, 0.1) is 12.4 Å². The summed E-state index contributed by atoms with van der Waals surface area (Å²) in [5.41, 5.74) is 13.6. The molecule has 3 rings (SSSR count). The molecule has 0 bridgehead atoms. The first-order valence-electron chi connectivity index (χ1n) is 6.32. The molecule has 4 N–H and O–H groups in total. The van der Waals surface area contributed by atoms with Crippen LogP contribution in [0.3, 0.4) is 0 Å². The maximum atomic E-state index is 11.7. The van der Waals surface area contributed by atoms with Crippen molar-refractivity contribution >= 4 is 17.1 Å². The maximum absolute atomic E-state index is 11.7. The number of nitrogen functional groups attached to an aromatic ring is 1. The van der Waals surface area contributed by atoms with Crippen LogP contribution in [0.1, 0.15) is 12.6 Å². The Hall–Kier alpha value is -2.82. The van der Waals surface area contributed by atoms with E-state index in [1.165, 1.54) is 10.9 Å². The molecule has 0 aromatic carbocycles. The van der Waals surface area contributed by atoms with Crippen molar-refractivity contribution in [1.29, 1.82) is 0 Å². The van der Waals surface area contributed by atoms with Crippen LogP contribution in [-0.4, -0.2) is 43.4 Å². The largest absolute Gasteiger partial charge is 0.431 e. The number of aromatic amines is 1. The Morgan fingerprint density at radius 3 is 3.32 bits per heavy atom. The summed E-state index contributed by atoms with van der Waals surface area (Å²) in [7, 11) is 0. The van der Waals surface area contributed by atoms with Gasteiger partial charge in [0.25, 0.3) is 5.56 Å². The molecule has 0 spiro atoms. The van der Waals surface area contributed by atoms with E-state index in [2.05, 4.69) is 30.0 Å². The molecule has 3 heterocycles. The quantitative estimate of drug-likeness (QED) is 0.297. The highest BCUT2D eigenvalue weighted by Gasteiger charge is 2.36. The molecule has 22 heavy (non-hydrogen) atoms. The topological polar surface area (TPSA) is 177 Å². The van der Waals surface area contributed by atoms with Gasteiger partial charge in [-0.05, 0) is 5.53 Å². The van der Waals surface area contributed by atoms with E-state index in [0.717, 1.165) is 0 Å². The number of aliphatic hydroxyl groups excluding tert-OH is 1. The molecule has 0 unspecified atom stereocenters. The lowest BCUT2D eigenvalue weighted by Crippen LogP contribution is -2.25. The number of aromatic nitrogens is 4. The Morgan fingerprint density at radius 1 is 1.73 bits per heavy atom. The minimum atomic E-state index is -0.823. The maximum Gasteiger partial charge on any atom is 0.280 e. The number of fused-ring (bicyclic) bond motifs is 1. The minimum absolute atomic E-state index is 0.0407. The van der Waals surface area contributed by atoms with Crippen LogP contribution in [0.4, 0.5) is 5.95 Å². The van der Waals surface area contributed by atoms with Crippen molar-refractivity contribution in [2.24, 2.45) is 5.28 Å². The van der Waals surface area contributed by atoms with E-state index in [1.54, 1.807) is 0 Å². The standard InChI is InChI=1S/C10H12N8O4/c11-10-14-8-7(9(20)15-10)13-3-18(8)6-1-4(19)5(22-6)2-21-17-16-12/h3-6,19H,1-2H2,(H3,11,14,15,20)/t4-,5+,6+/m0/s1. The van der Waals surface area contributed by atoms with Gasteiger partial charge in [0.15, 0.2) is 11.2 Å². The molecule has 12 nitrogen and oxygen atoms in total. The van der Waals surface area contributed by atoms with Crippen molar-refractivity contribution in [3.63, 3.8) is 0 Å². The fourth-order valence-corrected chi connectivity index (χ4v) is 2.32. The molecule has 3 atom stereocenters. The van der Waals surface area contributed by atoms with Crippen molar-refractivity contribution in [1.82, 2.24) is 19.5 Å². The van der Waals surface area contributed by atoms with Crippen LogP contribution < -0.4 is 11.3 Å². The smallest absolute Gasteiger partial charge is 0.280 e. The van der Waals surface area contributed by atoms with Gasteiger partial charge in [-0.1, -0.05) is 0 Å². The summed E-state index contributed by atoms with van der Waals surface area (Å²) in [6, 6.07) is 0. The molecule has 116 valence electrons. The molecule has 1 fully saturated rings. The van der Waals surface area contributed by atoms with Crippen molar-refractivity contribution < 1.29 is 14.7 Å². The SMILES string of the molecule is [N-]=[N+]=NOC[C@H]1O[C@@H](n2cnc3c(=O)[nH]c(N)nc32)C[C@@H]1O. The number of aliphatic hydroxyl groups is 1. The van der Waals surface area contributed by atoms with E-state index in [-0.39, 0.29) is 30.1 Å². The average molecular weight is 308 g/mol. The average Bonchev–Trinajstić information content (AvgIpc) is 3.03. The van der Waals surface area contributed by atoms with Gasteiger partial charge >= 0.3 is 0 Å². The Balaban J connectivity index is 1.86. The molecule has 0 amide bonds. The van der Waals surface area contributed by atoms with Crippen LogP contribution in [0, 0.1) is 0 Å². The summed E-state index contributed by atoms with van der Waals surface area (Å²) in [6.45, 7) is -0.0928. The summed E-state index contributed by atoms with van der Waals surface area (Å²) < 4.78 is 7.14. The third-order valence-electron chi connectivity index (χ3n) is 3.30. The highest BCUT2D eigenvalue weighted by Crippen LogP contribution is 2.30. The highest BCUT2D eigenvalue weighted by atomic mass is 16.7. The van der Waals surface area contributed by atoms with Crippen LogP contribution in [0.25, 0.3) is 21.6 Å². The second-order valence-corrected chi connectivity index (χ2v) is 4.67. The van der Waals surface area contributed by atoms with Crippen LogP contribution in [0.5, 0.6) is 0 Å². The summed E-state index contributed by atoms with van der Waals surface area (Å²) in [6.07, 6.45) is -0.457. The van der Waals surface area contributed by atoms with Gasteiger partial charge in [-0.25, -0.2) is 4.98 Å². The minimum Gasteiger partial charge on any atom is -0.431 e. The van der Waals surface area contributed by atoms with Gasteiger partial charge in [-0.3, -0.25) is 14.3 Å². The molecule has 12 heteroatoms. The number of hydrogen-bond acceptors (Lipinski definition) is 8. The lowest BCUT2D eigenvalue weighted by atomic mass is 10.2. The van der Waals surface area contributed by atoms with E-state index < -0.39 is 24.0 Å². The van der Waals surface area contributed by atoms with Gasteiger partial charge in [0, 0.05) is 11.3 Å². The number of nitrogens with one attached hydrogen (secondary N) is 1. The molecular weight excluding hydrogens is 296 g/mol. The molecule has 0 saturated carbocycles. The molecule has 2 aromatic heterocycles. The van der Waals surface area contributed by atoms with Gasteiger partial charge in [-0.2, -0.15) is 4.98 Å². The molecule has 1 aliphatic heterocycles. The van der Waals surface area contributed by atoms with Crippen molar-refractivity contribution in [3.05, 3.63) is 27.1 Å². The van der Waals surface area contributed by atoms with Crippen LogP contribution in [-0.2, 0) is 9.57 Å². The lowest BCUT2D eigenvalue weighted by molar-refractivity contribution is -0.0616. The molecule has 0 radical (unpaired) electrons. The molecule has 1 aliphatic rings. The van der Waals surface area contributed by atoms with Gasteiger partial charge in [0.1, 0.15) is 24.2 Å². The highest BCUT2D eigenvalue weighted by molar-refractivity contribution is 5.70. The van der Waals surface area contributed by atoms with Gasteiger partial charge < -0.3 is 20.4 Å². The Morgan fingerprint density at radius 2 is 2.55 bits per heavy atom. The number of azide groups is 1. The number of imidazole rings is 1. The van der Waals surface area contributed by atoms with Crippen LogP contribution >= 0.6 is 0 Å². The molecule has 0 aliphatic carbocycles. The Kier molecular flexibility index (Phi) is 3.55. The number of nitrogens with two attached hydrogens (primary N) is 1. The molecular formula is C10H12N8O4. The predicted octanol–water partition coefficient (Wildman–Crippen LogP) is -0.408. The fourth-order valence-electron chi connectivity index (χ4n) is 2.32. The van der Waals surface area contributed by atoms with Crippen molar-refractivity contribution in [2.45, 2.75) is 24.9 Å². The number of nitrogens with zero attached hydrogens (tertiary/aromatic N) is 6. The first kappa shape index (κ1) is 14.1. The summed E-state index contributed by atoms with van der Waals surface area (Å²) >= 11 is 0. The number of hydrogen-bond donors (Lipinski definition) is 3. The normalized spacial score (nSPS) is 24.3. The lowest BCUT2D eigenvalue weighted by Gasteiger charge is -2.14. The van der Waals surface area contributed by atoms with Gasteiger partial charge in [-0.15, -0.1) is 0 Å².